The fourth-order valence-electron chi connectivity index (χ4n) is 2.72. The third-order valence-electron chi connectivity index (χ3n) is 3.45. The minimum Gasteiger partial charge on any atom is -0.289 e. The van der Waals surface area contributed by atoms with E-state index in [1.54, 1.807) is 0 Å². The van der Waals surface area contributed by atoms with Gasteiger partial charge in [-0.15, -0.1) is 0 Å². The summed E-state index contributed by atoms with van der Waals surface area (Å²) in [6.07, 6.45) is 3.46. The van der Waals surface area contributed by atoms with Crippen molar-refractivity contribution in [2.45, 2.75) is 58.9 Å². The number of aromatic amines is 1. The van der Waals surface area contributed by atoms with Gasteiger partial charge in [-0.1, -0.05) is 27.7 Å². The van der Waals surface area contributed by atoms with E-state index >= 15 is 0 Å². The Morgan fingerprint density at radius 3 is 2.69 bits per heavy atom. The van der Waals surface area contributed by atoms with Crippen molar-refractivity contribution in [3.8, 4) is 0 Å². The fraction of sp³-hybridized carbons (Fsp3) is 0.769. The zero-order valence-corrected chi connectivity index (χ0v) is 10.8. The maximum Gasteiger partial charge on any atom is 0.268 e. The van der Waals surface area contributed by atoms with E-state index in [9.17, 15) is 4.79 Å². The summed E-state index contributed by atoms with van der Waals surface area (Å²) >= 11 is 0. The monoisotopic (exact) mass is 222 g/mol. The van der Waals surface area contributed by atoms with Crippen LogP contribution in [0, 0.1) is 5.92 Å². The SMILES string of the molecule is CC1CCCn2[nH]c(=O)c(C(C)(C)C)c2C1. The molecule has 1 unspecified atom stereocenters. The molecule has 1 N–H and O–H groups in total. The van der Waals surface area contributed by atoms with Crippen LogP contribution in [0.1, 0.15) is 51.8 Å². The largest absolute Gasteiger partial charge is 0.289 e. The van der Waals surface area contributed by atoms with Gasteiger partial charge in [0.25, 0.3) is 5.56 Å². The number of hydrogen-bond acceptors (Lipinski definition) is 1. The maximum atomic E-state index is 12.0. The number of H-pyrrole nitrogens is 1. The van der Waals surface area contributed by atoms with E-state index in [4.69, 9.17) is 0 Å². The number of fused-ring (bicyclic) bond motifs is 1. The van der Waals surface area contributed by atoms with E-state index in [1.165, 1.54) is 18.5 Å². The van der Waals surface area contributed by atoms with E-state index in [0.29, 0.717) is 5.92 Å². The molecule has 0 bridgehead atoms. The van der Waals surface area contributed by atoms with Gasteiger partial charge in [0.05, 0.1) is 0 Å². The molecule has 0 aromatic carbocycles. The number of nitrogens with zero attached hydrogens (tertiary/aromatic N) is 1. The van der Waals surface area contributed by atoms with E-state index in [1.807, 2.05) is 0 Å². The van der Waals surface area contributed by atoms with Gasteiger partial charge in [-0.05, 0) is 30.6 Å². The Hall–Kier alpha value is -0.990. The quantitative estimate of drug-likeness (QED) is 0.719. The van der Waals surface area contributed by atoms with Crippen molar-refractivity contribution >= 4 is 0 Å². The average molecular weight is 222 g/mol. The van der Waals surface area contributed by atoms with Crippen molar-refractivity contribution in [2.75, 3.05) is 0 Å². The van der Waals surface area contributed by atoms with Crippen molar-refractivity contribution in [2.24, 2.45) is 5.92 Å². The molecule has 0 amide bonds. The van der Waals surface area contributed by atoms with Gasteiger partial charge in [0, 0.05) is 17.8 Å². The molecule has 1 aliphatic heterocycles. The molecule has 1 aromatic heterocycles. The Bertz CT molecular complexity index is 434. The molecule has 1 atom stereocenters. The molecule has 3 heteroatoms. The van der Waals surface area contributed by atoms with Gasteiger partial charge in [-0.2, -0.15) is 0 Å². The summed E-state index contributed by atoms with van der Waals surface area (Å²) in [6.45, 7) is 9.60. The molecule has 0 spiro atoms. The van der Waals surface area contributed by atoms with Crippen molar-refractivity contribution in [1.29, 1.82) is 0 Å². The number of aromatic nitrogens is 2. The van der Waals surface area contributed by atoms with Gasteiger partial charge in [0.15, 0.2) is 0 Å². The molecule has 16 heavy (non-hydrogen) atoms. The molecular weight excluding hydrogens is 200 g/mol. The molecule has 0 fully saturated rings. The first-order valence-electron chi connectivity index (χ1n) is 6.21. The summed E-state index contributed by atoms with van der Waals surface area (Å²) in [7, 11) is 0. The van der Waals surface area contributed by atoms with Gasteiger partial charge in [-0.25, -0.2) is 0 Å². The Labute approximate surface area is 96.8 Å². The average Bonchev–Trinajstić information content (AvgIpc) is 2.31. The van der Waals surface area contributed by atoms with Gasteiger partial charge in [0.1, 0.15) is 0 Å². The molecular formula is C13H22N2O. The van der Waals surface area contributed by atoms with E-state index in [-0.39, 0.29) is 11.0 Å². The normalized spacial score (nSPS) is 21.6. The van der Waals surface area contributed by atoms with E-state index in [2.05, 4.69) is 37.5 Å². The lowest BCUT2D eigenvalue weighted by molar-refractivity contribution is 0.508. The van der Waals surface area contributed by atoms with Crippen molar-refractivity contribution < 1.29 is 0 Å². The second kappa shape index (κ2) is 3.79. The molecule has 1 aliphatic rings. The van der Waals surface area contributed by atoms with E-state index < -0.39 is 0 Å². The molecule has 3 nitrogen and oxygen atoms in total. The Morgan fingerprint density at radius 2 is 2.06 bits per heavy atom. The van der Waals surface area contributed by atoms with Gasteiger partial charge in [-0.3, -0.25) is 14.6 Å². The second-order valence-electron chi connectivity index (χ2n) is 6.12. The topological polar surface area (TPSA) is 37.8 Å². The zero-order valence-electron chi connectivity index (χ0n) is 10.8. The minimum atomic E-state index is -0.0573. The minimum absolute atomic E-state index is 0.0573. The van der Waals surface area contributed by atoms with Crippen LogP contribution in [0.4, 0.5) is 0 Å². The fourth-order valence-corrected chi connectivity index (χ4v) is 2.72. The lowest BCUT2D eigenvalue weighted by Crippen LogP contribution is -2.22. The first-order chi connectivity index (χ1) is 7.39. The van der Waals surface area contributed by atoms with Crippen LogP contribution < -0.4 is 5.56 Å². The highest BCUT2D eigenvalue weighted by Crippen LogP contribution is 2.27. The first kappa shape index (κ1) is 11.5. The van der Waals surface area contributed by atoms with Crippen LogP contribution in [0.3, 0.4) is 0 Å². The lowest BCUT2D eigenvalue weighted by atomic mass is 9.85. The van der Waals surface area contributed by atoms with Crippen LogP contribution in [0.5, 0.6) is 0 Å². The maximum absolute atomic E-state index is 12.0. The molecule has 0 saturated heterocycles. The van der Waals surface area contributed by atoms with Crippen molar-refractivity contribution in [1.82, 2.24) is 9.78 Å². The molecule has 0 aliphatic carbocycles. The lowest BCUT2D eigenvalue weighted by Gasteiger charge is -2.19. The molecule has 0 saturated carbocycles. The van der Waals surface area contributed by atoms with Crippen LogP contribution in [-0.4, -0.2) is 9.78 Å². The predicted octanol–water partition coefficient (Wildman–Crippen LogP) is 2.45. The molecule has 2 rings (SSSR count). The summed E-state index contributed by atoms with van der Waals surface area (Å²) < 4.78 is 2.08. The number of rotatable bonds is 0. The van der Waals surface area contributed by atoms with Crippen LogP contribution in [0.15, 0.2) is 4.79 Å². The molecule has 90 valence electrons. The summed E-state index contributed by atoms with van der Waals surface area (Å²) in [5, 5.41) is 2.99. The smallest absolute Gasteiger partial charge is 0.268 e. The Morgan fingerprint density at radius 1 is 1.38 bits per heavy atom. The Balaban J connectivity index is 2.55. The van der Waals surface area contributed by atoms with Crippen molar-refractivity contribution in [3.05, 3.63) is 21.6 Å². The molecule has 2 heterocycles. The van der Waals surface area contributed by atoms with Gasteiger partial charge < -0.3 is 0 Å². The highest BCUT2D eigenvalue weighted by Gasteiger charge is 2.27. The van der Waals surface area contributed by atoms with Gasteiger partial charge >= 0.3 is 0 Å². The molecule has 1 aromatic rings. The van der Waals surface area contributed by atoms with Gasteiger partial charge in [0.2, 0.25) is 0 Å². The second-order valence-corrected chi connectivity index (χ2v) is 6.12. The standard InChI is InChI=1S/C13H22N2O/c1-9-6-5-7-15-10(8-9)11(12(16)14-15)13(2,3)4/h9H,5-8H2,1-4H3,(H,14,16). The third kappa shape index (κ3) is 1.95. The van der Waals surface area contributed by atoms with Crippen LogP contribution in [0.2, 0.25) is 0 Å². The highest BCUT2D eigenvalue weighted by molar-refractivity contribution is 5.26. The summed E-state index contributed by atoms with van der Waals surface area (Å²) in [4.78, 5) is 12.0. The van der Waals surface area contributed by atoms with Crippen LogP contribution in [0.25, 0.3) is 0 Å². The van der Waals surface area contributed by atoms with Crippen molar-refractivity contribution in [3.63, 3.8) is 0 Å². The first-order valence-corrected chi connectivity index (χ1v) is 6.21. The number of aryl methyl sites for hydroxylation is 1. The summed E-state index contributed by atoms with van der Waals surface area (Å²) in [5.74, 6) is 0.685. The Kier molecular flexibility index (Phi) is 2.72. The zero-order chi connectivity index (χ0) is 11.9. The summed E-state index contributed by atoms with van der Waals surface area (Å²) in [6, 6.07) is 0. The number of nitrogens with one attached hydrogen (secondary N) is 1. The van der Waals surface area contributed by atoms with E-state index in [0.717, 1.165) is 18.5 Å². The summed E-state index contributed by atoms with van der Waals surface area (Å²) in [5.41, 5.74) is 2.28. The molecule has 0 radical (unpaired) electrons. The van der Waals surface area contributed by atoms with Crippen LogP contribution >= 0.6 is 0 Å². The predicted molar refractivity (Wildman–Crippen MR) is 65.9 cm³/mol. The van der Waals surface area contributed by atoms with Crippen LogP contribution in [-0.2, 0) is 18.4 Å². The third-order valence-corrected chi connectivity index (χ3v) is 3.45. The highest BCUT2D eigenvalue weighted by atomic mass is 16.1. The number of hydrogen-bond donors (Lipinski definition) is 1.